The van der Waals surface area contributed by atoms with Crippen molar-refractivity contribution in [3.63, 3.8) is 0 Å². The Morgan fingerprint density at radius 3 is 1.33 bits per heavy atom. The van der Waals surface area contributed by atoms with Crippen molar-refractivity contribution in [2.75, 3.05) is 0 Å². The van der Waals surface area contributed by atoms with Crippen LogP contribution >= 0.6 is 0 Å². The number of aliphatic hydroxyl groups is 2. The Bertz CT molecular complexity index is 1150. The van der Waals surface area contributed by atoms with Crippen molar-refractivity contribution in [1.29, 1.82) is 0 Å². The van der Waals surface area contributed by atoms with E-state index in [4.69, 9.17) is 0 Å². The molecule has 0 bridgehead atoms. The van der Waals surface area contributed by atoms with E-state index < -0.39 is 0 Å². The van der Waals surface area contributed by atoms with E-state index in [1.807, 2.05) is 0 Å². The Kier molecular flexibility index (Phi) is 13.7. The molecule has 2 atom stereocenters. The zero-order chi connectivity index (χ0) is 31.5. The normalized spacial score (nSPS) is 24.9. The third-order valence-electron chi connectivity index (χ3n) is 8.95. The van der Waals surface area contributed by atoms with Gasteiger partial charge >= 0.3 is 0 Å². The molecule has 0 aromatic rings. The van der Waals surface area contributed by atoms with Gasteiger partial charge in [-0.05, 0) is 113 Å². The smallest absolute Gasteiger partial charge is 0.0753 e. The highest BCUT2D eigenvalue weighted by molar-refractivity contribution is 5.40. The van der Waals surface area contributed by atoms with Gasteiger partial charge in [0.15, 0.2) is 0 Å². The van der Waals surface area contributed by atoms with Gasteiger partial charge in [0, 0.05) is 0 Å². The first-order chi connectivity index (χ1) is 19.6. The van der Waals surface area contributed by atoms with E-state index in [0.29, 0.717) is 0 Å². The van der Waals surface area contributed by atoms with Crippen LogP contribution in [0.3, 0.4) is 0 Å². The monoisotopic (exact) mass is 570 g/mol. The topological polar surface area (TPSA) is 40.5 Å². The van der Waals surface area contributed by atoms with Crippen molar-refractivity contribution in [3.05, 3.63) is 117 Å². The largest absolute Gasteiger partial charge is 0.389 e. The average molecular weight is 571 g/mol. The fraction of sp³-hybridized carbons (Fsp3) is 0.500. The lowest BCUT2D eigenvalue weighted by atomic mass is 9.71. The number of hydrogen-bond acceptors (Lipinski definition) is 2. The van der Waals surface area contributed by atoms with Crippen molar-refractivity contribution in [2.24, 2.45) is 10.8 Å². The van der Waals surface area contributed by atoms with Crippen LogP contribution in [0, 0.1) is 10.8 Å². The zero-order valence-corrected chi connectivity index (χ0v) is 28.2. The Balaban J connectivity index is 1.86. The molecule has 2 heteroatoms. The van der Waals surface area contributed by atoms with Crippen LogP contribution in [-0.2, 0) is 0 Å². The van der Waals surface area contributed by atoms with Crippen molar-refractivity contribution >= 4 is 0 Å². The van der Waals surface area contributed by atoms with Crippen LogP contribution in [0.1, 0.15) is 108 Å². The van der Waals surface area contributed by atoms with Gasteiger partial charge in [0.05, 0.1) is 12.2 Å². The minimum atomic E-state index is -0.309. The van der Waals surface area contributed by atoms with Gasteiger partial charge < -0.3 is 10.2 Å². The summed E-state index contributed by atoms with van der Waals surface area (Å²) in [6, 6.07) is 0. The van der Waals surface area contributed by atoms with E-state index in [9.17, 15) is 10.2 Å². The van der Waals surface area contributed by atoms with Crippen LogP contribution in [0.2, 0.25) is 0 Å². The van der Waals surface area contributed by atoms with Crippen LogP contribution in [0.15, 0.2) is 117 Å². The predicted octanol–water partition coefficient (Wildman–Crippen LogP) is 10.8. The molecule has 0 heterocycles. The van der Waals surface area contributed by atoms with Gasteiger partial charge in [-0.1, -0.05) is 123 Å². The second kappa shape index (κ2) is 16.2. The van der Waals surface area contributed by atoms with Crippen LogP contribution < -0.4 is 0 Å². The molecule has 0 fully saturated rings. The van der Waals surface area contributed by atoms with Gasteiger partial charge in [-0.25, -0.2) is 0 Å². The molecule has 230 valence electrons. The van der Waals surface area contributed by atoms with Gasteiger partial charge in [0.1, 0.15) is 0 Å². The van der Waals surface area contributed by atoms with Gasteiger partial charge in [-0.2, -0.15) is 0 Å². The van der Waals surface area contributed by atoms with E-state index in [2.05, 4.69) is 142 Å². The molecular formula is C40H58O2. The fourth-order valence-electron chi connectivity index (χ4n) is 5.84. The van der Waals surface area contributed by atoms with Crippen molar-refractivity contribution < 1.29 is 10.2 Å². The number of aliphatic hydroxyl groups excluding tert-OH is 2. The summed E-state index contributed by atoms with van der Waals surface area (Å²) in [5, 5.41) is 20.5. The highest BCUT2D eigenvalue weighted by atomic mass is 16.3. The lowest BCUT2D eigenvalue weighted by Crippen LogP contribution is -2.27. The first kappa shape index (κ1) is 35.5. The van der Waals surface area contributed by atoms with E-state index in [-0.39, 0.29) is 23.0 Å². The molecule has 2 aliphatic rings. The summed E-state index contributed by atoms with van der Waals surface area (Å²) in [6.07, 6.45) is 31.3. The van der Waals surface area contributed by atoms with Crippen LogP contribution in [-0.4, -0.2) is 22.4 Å². The van der Waals surface area contributed by atoms with Crippen molar-refractivity contribution in [3.8, 4) is 0 Å². The maximum atomic E-state index is 10.3. The molecule has 2 nitrogen and oxygen atoms in total. The summed E-state index contributed by atoms with van der Waals surface area (Å²) in [5.74, 6) is 0. The van der Waals surface area contributed by atoms with Crippen molar-refractivity contribution in [1.82, 2.24) is 0 Å². The van der Waals surface area contributed by atoms with Gasteiger partial charge in [-0.15, -0.1) is 0 Å². The number of allylic oxidation sites excluding steroid dienone is 18. The van der Waals surface area contributed by atoms with E-state index in [0.717, 1.165) is 49.7 Å². The number of unbranched alkanes of at least 4 members (excludes halogenated alkanes) is 1. The minimum Gasteiger partial charge on any atom is -0.389 e. The van der Waals surface area contributed by atoms with Crippen LogP contribution in [0.4, 0.5) is 0 Å². The van der Waals surface area contributed by atoms with E-state index in [1.54, 1.807) is 0 Å². The minimum absolute atomic E-state index is 0.111. The molecule has 0 aromatic heterocycles. The lowest BCUT2D eigenvalue weighted by molar-refractivity contribution is 0.163. The van der Waals surface area contributed by atoms with E-state index >= 15 is 0 Å². The van der Waals surface area contributed by atoms with Gasteiger partial charge in [0.25, 0.3) is 0 Å². The summed E-state index contributed by atoms with van der Waals surface area (Å²) in [6.45, 7) is 21.7. The summed E-state index contributed by atoms with van der Waals surface area (Å²) >= 11 is 0. The molecule has 0 aromatic carbocycles. The summed E-state index contributed by atoms with van der Waals surface area (Å²) < 4.78 is 0. The van der Waals surface area contributed by atoms with Crippen LogP contribution in [0.5, 0.6) is 0 Å². The highest BCUT2D eigenvalue weighted by Crippen LogP contribution is 2.42. The number of rotatable bonds is 11. The predicted molar refractivity (Wildman–Crippen MR) is 184 cm³/mol. The lowest BCUT2D eigenvalue weighted by Gasteiger charge is -2.35. The maximum Gasteiger partial charge on any atom is 0.0753 e. The SMILES string of the molecule is CC1=C(/C=C/C(C)=C/C=C/C(C)=C/CC/C=C(C)/C=C/C=C(C)/C=C/C2=C(C)C(O)CCC2(C)C)C(C)(C)CCC1O. The molecule has 2 unspecified atom stereocenters. The van der Waals surface area contributed by atoms with Crippen LogP contribution in [0.25, 0.3) is 0 Å². The first-order valence-corrected chi connectivity index (χ1v) is 15.8. The highest BCUT2D eigenvalue weighted by Gasteiger charge is 2.31. The second-order valence-electron chi connectivity index (χ2n) is 13.7. The third-order valence-corrected chi connectivity index (χ3v) is 8.95. The maximum absolute atomic E-state index is 10.3. The summed E-state index contributed by atoms with van der Waals surface area (Å²) in [7, 11) is 0. The Labute approximate surface area is 258 Å². The van der Waals surface area contributed by atoms with Gasteiger partial charge in [0.2, 0.25) is 0 Å². The molecule has 0 saturated carbocycles. The second-order valence-corrected chi connectivity index (χ2v) is 13.7. The summed E-state index contributed by atoms with van der Waals surface area (Å²) in [4.78, 5) is 0. The fourth-order valence-corrected chi connectivity index (χ4v) is 5.84. The van der Waals surface area contributed by atoms with E-state index in [1.165, 1.54) is 33.4 Å². The summed E-state index contributed by atoms with van der Waals surface area (Å²) in [5.41, 5.74) is 9.91. The molecule has 2 rings (SSSR count). The first-order valence-electron chi connectivity index (χ1n) is 15.8. The zero-order valence-electron chi connectivity index (χ0n) is 28.2. The number of hydrogen-bond donors (Lipinski definition) is 2. The Morgan fingerprint density at radius 2 is 0.976 bits per heavy atom. The molecule has 0 amide bonds. The third kappa shape index (κ3) is 11.2. The molecule has 0 spiro atoms. The van der Waals surface area contributed by atoms with Gasteiger partial charge in [-0.3, -0.25) is 0 Å². The average Bonchev–Trinajstić information content (AvgIpc) is 2.91. The quantitative estimate of drug-likeness (QED) is 0.192. The molecule has 2 N–H and O–H groups in total. The molecular weight excluding hydrogens is 512 g/mol. The Morgan fingerprint density at radius 1 is 0.619 bits per heavy atom. The molecule has 0 radical (unpaired) electrons. The standard InChI is InChI=1S/C40H58O2/c1-29(17-13-19-31(3)21-23-35-33(5)37(41)25-27-39(35,7)8)15-11-12-16-30(2)18-14-20-32(4)22-24-36-34(6)38(42)26-28-40(36,9)10/h13-24,37-38,41-42H,11-12,25-28H2,1-10H3/b17-13+,18-14+,23-21+,24-22+,29-15+,30-16+,31-19+,32-20+. The molecule has 0 aliphatic heterocycles. The molecule has 42 heavy (non-hydrogen) atoms. The van der Waals surface area contributed by atoms with Crippen molar-refractivity contribution in [2.45, 2.75) is 120 Å². The molecule has 2 aliphatic carbocycles. The molecule has 0 saturated heterocycles. The Hall–Kier alpha value is -2.68.